The second-order valence-corrected chi connectivity index (χ2v) is 6.61. The number of aliphatic hydroxyl groups is 1. The monoisotopic (exact) mass is 305 g/mol. The van der Waals surface area contributed by atoms with Crippen molar-refractivity contribution in [2.24, 2.45) is 0 Å². The number of nitrogens with zero attached hydrogens (tertiary/aromatic N) is 2. The standard InChI is InChI=1S/C15H19N3O2S/c1-15(2,3)13-12(21-18-17-13)14(20)16-8-10-4-6-11(9-19)7-5-10/h4-7,19H,8-9H2,1-3H3,(H,16,20). The molecule has 0 fully saturated rings. The van der Waals surface area contributed by atoms with E-state index in [1.165, 1.54) is 0 Å². The number of rotatable bonds is 4. The molecule has 112 valence electrons. The molecule has 5 nitrogen and oxygen atoms in total. The zero-order valence-corrected chi connectivity index (χ0v) is 13.2. The minimum absolute atomic E-state index is 0.0219. The van der Waals surface area contributed by atoms with Crippen molar-refractivity contribution in [2.45, 2.75) is 39.3 Å². The average Bonchev–Trinajstić information content (AvgIpc) is 2.95. The molecule has 0 spiro atoms. The van der Waals surface area contributed by atoms with E-state index in [1.54, 1.807) is 0 Å². The third-order valence-electron chi connectivity index (χ3n) is 3.06. The van der Waals surface area contributed by atoms with Crippen molar-refractivity contribution in [2.75, 3.05) is 0 Å². The molecule has 2 rings (SSSR count). The van der Waals surface area contributed by atoms with Crippen LogP contribution in [-0.2, 0) is 18.6 Å². The zero-order valence-electron chi connectivity index (χ0n) is 12.4. The van der Waals surface area contributed by atoms with Crippen LogP contribution in [0, 0.1) is 0 Å². The molecule has 1 aromatic heterocycles. The van der Waals surface area contributed by atoms with E-state index in [1.807, 2.05) is 45.0 Å². The fourth-order valence-corrected chi connectivity index (χ4v) is 2.65. The number of hydrogen-bond acceptors (Lipinski definition) is 5. The minimum atomic E-state index is -0.206. The Morgan fingerprint density at radius 1 is 1.24 bits per heavy atom. The highest BCUT2D eigenvalue weighted by atomic mass is 32.1. The Labute approximate surface area is 128 Å². The number of carbonyl (C=O) groups excluding carboxylic acids is 1. The molecule has 1 amide bonds. The first kappa shape index (κ1) is 15.6. The highest BCUT2D eigenvalue weighted by Crippen LogP contribution is 2.25. The molecular weight excluding hydrogens is 286 g/mol. The summed E-state index contributed by atoms with van der Waals surface area (Å²) in [6.45, 7) is 6.48. The van der Waals surface area contributed by atoms with Crippen molar-refractivity contribution in [3.8, 4) is 0 Å². The lowest BCUT2D eigenvalue weighted by Gasteiger charge is -2.16. The normalized spacial score (nSPS) is 11.4. The van der Waals surface area contributed by atoms with Gasteiger partial charge >= 0.3 is 0 Å². The molecule has 1 aromatic carbocycles. The maximum absolute atomic E-state index is 12.2. The molecule has 1 heterocycles. The summed E-state index contributed by atoms with van der Waals surface area (Å²) in [5.41, 5.74) is 2.35. The van der Waals surface area contributed by atoms with E-state index in [9.17, 15) is 4.79 Å². The average molecular weight is 305 g/mol. The van der Waals surface area contributed by atoms with Gasteiger partial charge < -0.3 is 10.4 Å². The van der Waals surface area contributed by atoms with Crippen LogP contribution in [0.5, 0.6) is 0 Å². The van der Waals surface area contributed by atoms with Gasteiger partial charge in [-0.25, -0.2) is 0 Å². The third kappa shape index (κ3) is 3.86. The number of aliphatic hydroxyl groups excluding tert-OH is 1. The van der Waals surface area contributed by atoms with Gasteiger partial charge in [-0.2, -0.15) is 0 Å². The lowest BCUT2D eigenvalue weighted by Crippen LogP contribution is -2.25. The highest BCUT2D eigenvalue weighted by Gasteiger charge is 2.26. The molecule has 0 aliphatic rings. The second kappa shape index (κ2) is 6.32. The van der Waals surface area contributed by atoms with Crippen LogP contribution >= 0.6 is 11.5 Å². The fraction of sp³-hybridized carbons (Fsp3) is 0.400. The van der Waals surface area contributed by atoms with Gasteiger partial charge in [-0.15, -0.1) is 5.10 Å². The van der Waals surface area contributed by atoms with Gasteiger partial charge in [-0.3, -0.25) is 4.79 Å². The molecule has 2 aromatic rings. The van der Waals surface area contributed by atoms with Crippen LogP contribution in [0.4, 0.5) is 0 Å². The molecule has 0 unspecified atom stereocenters. The minimum Gasteiger partial charge on any atom is -0.392 e. The molecule has 0 aliphatic heterocycles. The first-order valence-electron chi connectivity index (χ1n) is 6.71. The van der Waals surface area contributed by atoms with Crippen LogP contribution in [0.15, 0.2) is 24.3 Å². The van der Waals surface area contributed by atoms with Crippen LogP contribution in [0.25, 0.3) is 0 Å². The van der Waals surface area contributed by atoms with Crippen LogP contribution in [0.3, 0.4) is 0 Å². The lowest BCUT2D eigenvalue weighted by atomic mass is 9.91. The molecule has 6 heteroatoms. The molecule has 21 heavy (non-hydrogen) atoms. The summed E-state index contributed by atoms with van der Waals surface area (Å²) in [7, 11) is 0. The maximum atomic E-state index is 12.2. The van der Waals surface area contributed by atoms with Gasteiger partial charge in [0.05, 0.1) is 12.3 Å². The predicted octanol–water partition coefficient (Wildman–Crippen LogP) is 2.26. The summed E-state index contributed by atoms with van der Waals surface area (Å²) >= 11 is 1.12. The summed E-state index contributed by atoms with van der Waals surface area (Å²) in [6.07, 6.45) is 0. The molecule has 2 N–H and O–H groups in total. The topological polar surface area (TPSA) is 75.1 Å². The van der Waals surface area contributed by atoms with Crippen molar-refractivity contribution in [3.63, 3.8) is 0 Å². The van der Waals surface area contributed by atoms with Gasteiger partial charge in [0.25, 0.3) is 5.91 Å². The maximum Gasteiger partial charge on any atom is 0.265 e. The molecule has 0 radical (unpaired) electrons. The van der Waals surface area contributed by atoms with E-state index < -0.39 is 0 Å². The van der Waals surface area contributed by atoms with E-state index in [-0.39, 0.29) is 17.9 Å². The number of aromatic nitrogens is 2. The number of carbonyl (C=O) groups is 1. The fourth-order valence-electron chi connectivity index (χ4n) is 1.86. The van der Waals surface area contributed by atoms with E-state index >= 15 is 0 Å². The number of amides is 1. The highest BCUT2D eigenvalue weighted by molar-refractivity contribution is 7.08. The number of benzene rings is 1. The summed E-state index contributed by atoms with van der Waals surface area (Å²) in [5.74, 6) is -0.152. The molecular formula is C15H19N3O2S. The predicted molar refractivity (Wildman–Crippen MR) is 82.1 cm³/mol. The van der Waals surface area contributed by atoms with Gasteiger partial charge in [-0.1, -0.05) is 49.5 Å². The van der Waals surface area contributed by atoms with E-state index in [2.05, 4.69) is 14.9 Å². The van der Waals surface area contributed by atoms with Crippen LogP contribution < -0.4 is 5.32 Å². The molecule has 0 aliphatic carbocycles. The van der Waals surface area contributed by atoms with E-state index in [4.69, 9.17) is 5.11 Å². The Morgan fingerprint density at radius 2 is 1.86 bits per heavy atom. The van der Waals surface area contributed by atoms with Crippen molar-refractivity contribution >= 4 is 17.4 Å². The molecule has 0 saturated heterocycles. The largest absolute Gasteiger partial charge is 0.392 e. The van der Waals surface area contributed by atoms with Crippen molar-refractivity contribution in [1.82, 2.24) is 14.9 Å². The Kier molecular flexibility index (Phi) is 4.69. The molecule has 0 bridgehead atoms. The summed E-state index contributed by atoms with van der Waals surface area (Å²) in [5, 5.41) is 15.9. The lowest BCUT2D eigenvalue weighted by molar-refractivity contribution is 0.0952. The van der Waals surface area contributed by atoms with Crippen molar-refractivity contribution in [3.05, 3.63) is 46.0 Å². The van der Waals surface area contributed by atoms with Gasteiger partial charge in [0.15, 0.2) is 0 Å². The van der Waals surface area contributed by atoms with Gasteiger partial charge in [0.1, 0.15) is 4.88 Å². The summed E-state index contributed by atoms with van der Waals surface area (Å²) < 4.78 is 3.89. The quantitative estimate of drug-likeness (QED) is 0.908. The van der Waals surface area contributed by atoms with Gasteiger partial charge in [-0.05, 0) is 22.7 Å². The first-order chi connectivity index (χ1) is 9.91. The Hall–Kier alpha value is -1.79. The van der Waals surface area contributed by atoms with Crippen molar-refractivity contribution in [1.29, 1.82) is 0 Å². The summed E-state index contributed by atoms with van der Waals surface area (Å²) in [6, 6.07) is 7.47. The third-order valence-corrected chi connectivity index (χ3v) is 3.79. The SMILES string of the molecule is CC(C)(C)c1nnsc1C(=O)NCc1ccc(CO)cc1. The van der Waals surface area contributed by atoms with Crippen LogP contribution in [0.2, 0.25) is 0 Å². The van der Waals surface area contributed by atoms with Gasteiger partial charge in [0.2, 0.25) is 0 Å². The van der Waals surface area contributed by atoms with E-state index in [0.29, 0.717) is 11.4 Å². The van der Waals surface area contributed by atoms with Crippen molar-refractivity contribution < 1.29 is 9.90 Å². The molecule has 0 saturated carbocycles. The first-order valence-corrected chi connectivity index (χ1v) is 7.49. The Bertz CT molecular complexity index is 615. The number of hydrogen-bond donors (Lipinski definition) is 2. The zero-order chi connectivity index (χ0) is 15.5. The Morgan fingerprint density at radius 3 is 2.43 bits per heavy atom. The smallest absolute Gasteiger partial charge is 0.265 e. The van der Waals surface area contributed by atoms with Crippen LogP contribution in [0.1, 0.15) is 47.3 Å². The van der Waals surface area contributed by atoms with E-state index in [0.717, 1.165) is 28.4 Å². The van der Waals surface area contributed by atoms with Gasteiger partial charge in [0, 0.05) is 12.0 Å². The molecule has 0 atom stereocenters. The van der Waals surface area contributed by atoms with Crippen LogP contribution in [-0.4, -0.2) is 20.6 Å². The number of nitrogens with one attached hydrogen (secondary N) is 1. The second-order valence-electron chi connectivity index (χ2n) is 5.86. The summed E-state index contributed by atoms with van der Waals surface area (Å²) in [4.78, 5) is 12.8. The Balaban J connectivity index is 2.03.